The molecule has 0 bridgehead atoms. The Kier molecular flexibility index (Phi) is 4.12. The Hall–Kier alpha value is -0.680. The highest BCUT2D eigenvalue weighted by molar-refractivity contribution is 7.09. The van der Waals surface area contributed by atoms with Crippen molar-refractivity contribution in [1.29, 1.82) is 0 Å². The van der Waals surface area contributed by atoms with Gasteiger partial charge in [0.05, 0.1) is 0 Å². The topological polar surface area (TPSA) is 58.0 Å². The van der Waals surface area contributed by atoms with Crippen molar-refractivity contribution in [1.82, 2.24) is 9.36 Å². The van der Waals surface area contributed by atoms with Crippen LogP contribution in [0.3, 0.4) is 0 Å². The van der Waals surface area contributed by atoms with Gasteiger partial charge >= 0.3 is 0 Å². The molecule has 0 saturated heterocycles. The number of aliphatic hydroxyl groups is 1. The highest BCUT2D eigenvalue weighted by Gasteiger charge is 2.27. The highest BCUT2D eigenvalue weighted by atomic mass is 32.1. The van der Waals surface area contributed by atoms with Gasteiger partial charge in [0, 0.05) is 30.6 Å². The number of aliphatic hydroxyl groups excluding tert-OH is 1. The Morgan fingerprint density at radius 2 is 2.38 bits per heavy atom. The third kappa shape index (κ3) is 3.42. The zero-order chi connectivity index (χ0) is 11.4. The number of hydrogen-bond donors (Lipinski definition) is 2. The van der Waals surface area contributed by atoms with Gasteiger partial charge in [-0.05, 0) is 31.6 Å². The molecule has 4 nitrogen and oxygen atoms in total. The zero-order valence-electron chi connectivity index (χ0n) is 9.65. The van der Waals surface area contributed by atoms with Crippen LogP contribution in [0.5, 0.6) is 0 Å². The van der Waals surface area contributed by atoms with Gasteiger partial charge in [-0.2, -0.15) is 4.37 Å². The maximum Gasteiger partial charge on any atom is 0.202 e. The fourth-order valence-corrected chi connectivity index (χ4v) is 2.22. The Labute approximate surface area is 100 Å². The van der Waals surface area contributed by atoms with Crippen molar-refractivity contribution < 1.29 is 5.11 Å². The summed E-state index contributed by atoms with van der Waals surface area (Å²) in [4.78, 5) is 4.46. The monoisotopic (exact) mass is 241 g/mol. The van der Waals surface area contributed by atoms with E-state index in [4.69, 9.17) is 5.11 Å². The fourth-order valence-electron chi connectivity index (χ4n) is 1.55. The average molecular weight is 241 g/mol. The first-order valence-corrected chi connectivity index (χ1v) is 6.75. The Morgan fingerprint density at radius 3 is 3.06 bits per heavy atom. The van der Waals surface area contributed by atoms with Gasteiger partial charge in [-0.3, -0.25) is 0 Å². The largest absolute Gasteiger partial charge is 0.396 e. The quantitative estimate of drug-likeness (QED) is 0.719. The number of nitrogens with zero attached hydrogens (tertiary/aromatic N) is 2. The van der Waals surface area contributed by atoms with Crippen molar-refractivity contribution in [2.24, 2.45) is 5.92 Å². The van der Waals surface area contributed by atoms with Crippen LogP contribution in [0.15, 0.2) is 0 Å². The van der Waals surface area contributed by atoms with Crippen molar-refractivity contribution in [2.45, 2.75) is 38.5 Å². The summed E-state index contributed by atoms with van der Waals surface area (Å²) in [5.74, 6) is 2.07. The van der Waals surface area contributed by atoms with Gasteiger partial charge in [0.1, 0.15) is 5.82 Å². The Bertz CT molecular complexity index is 325. The maximum atomic E-state index is 8.88. The minimum Gasteiger partial charge on any atom is -0.396 e. The standard InChI is InChI=1S/C11H19N3OS/c1-8(7-15)3-2-6-12-11-13-10(14-16-11)9-4-5-9/h8-9,15H,2-7H2,1H3,(H,12,13,14). The van der Waals surface area contributed by atoms with Crippen LogP contribution >= 0.6 is 11.5 Å². The molecule has 1 heterocycles. The summed E-state index contributed by atoms with van der Waals surface area (Å²) in [6, 6.07) is 0. The summed E-state index contributed by atoms with van der Waals surface area (Å²) in [5.41, 5.74) is 0. The van der Waals surface area contributed by atoms with E-state index in [0.29, 0.717) is 11.8 Å². The second-order valence-electron chi connectivity index (χ2n) is 4.59. The molecule has 0 aliphatic heterocycles. The van der Waals surface area contributed by atoms with E-state index in [-0.39, 0.29) is 6.61 Å². The van der Waals surface area contributed by atoms with E-state index in [2.05, 4.69) is 21.6 Å². The second kappa shape index (κ2) is 5.59. The molecular formula is C11H19N3OS. The number of nitrogens with one attached hydrogen (secondary N) is 1. The molecule has 1 aliphatic carbocycles. The Morgan fingerprint density at radius 1 is 1.56 bits per heavy atom. The van der Waals surface area contributed by atoms with Crippen LogP contribution in [-0.2, 0) is 0 Å². The number of hydrogen-bond acceptors (Lipinski definition) is 5. The summed E-state index contributed by atoms with van der Waals surface area (Å²) in [6.07, 6.45) is 4.63. The Balaban J connectivity index is 1.64. The summed E-state index contributed by atoms with van der Waals surface area (Å²) < 4.78 is 4.34. The predicted molar refractivity (Wildman–Crippen MR) is 65.9 cm³/mol. The van der Waals surface area contributed by atoms with E-state index in [1.165, 1.54) is 24.4 Å². The molecule has 1 aromatic heterocycles. The van der Waals surface area contributed by atoms with Crippen LogP contribution < -0.4 is 5.32 Å². The van der Waals surface area contributed by atoms with Gasteiger partial charge in [-0.1, -0.05) is 6.92 Å². The molecule has 90 valence electrons. The van der Waals surface area contributed by atoms with E-state index in [1.54, 1.807) is 0 Å². The summed E-state index contributed by atoms with van der Waals surface area (Å²) >= 11 is 1.46. The molecule has 1 aromatic rings. The van der Waals surface area contributed by atoms with Crippen molar-refractivity contribution in [3.05, 3.63) is 5.82 Å². The first-order chi connectivity index (χ1) is 7.79. The maximum absolute atomic E-state index is 8.88. The lowest BCUT2D eigenvalue weighted by molar-refractivity contribution is 0.229. The van der Waals surface area contributed by atoms with Gasteiger partial charge in [-0.25, -0.2) is 4.98 Å². The number of aromatic nitrogens is 2. The van der Waals surface area contributed by atoms with Crippen molar-refractivity contribution in [2.75, 3.05) is 18.5 Å². The smallest absolute Gasteiger partial charge is 0.202 e. The normalized spacial score (nSPS) is 17.4. The molecule has 0 radical (unpaired) electrons. The fraction of sp³-hybridized carbons (Fsp3) is 0.818. The van der Waals surface area contributed by atoms with Crippen LogP contribution in [0.4, 0.5) is 5.13 Å². The van der Waals surface area contributed by atoms with E-state index in [1.807, 2.05) is 0 Å². The first kappa shape index (κ1) is 11.8. The third-order valence-electron chi connectivity index (χ3n) is 2.85. The number of rotatable bonds is 7. The van der Waals surface area contributed by atoms with E-state index >= 15 is 0 Å². The van der Waals surface area contributed by atoms with Gasteiger partial charge in [-0.15, -0.1) is 0 Å². The molecule has 1 aliphatic rings. The molecule has 0 aromatic carbocycles. The lowest BCUT2D eigenvalue weighted by Gasteiger charge is -2.06. The molecular weight excluding hydrogens is 222 g/mol. The predicted octanol–water partition coefficient (Wildman–Crippen LogP) is 2.24. The van der Waals surface area contributed by atoms with Crippen molar-refractivity contribution >= 4 is 16.7 Å². The molecule has 16 heavy (non-hydrogen) atoms. The van der Waals surface area contributed by atoms with Gasteiger partial charge < -0.3 is 10.4 Å². The molecule has 1 saturated carbocycles. The van der Waals surface area contributed by atoms with Crippen molar-refractivity contribution in [3.63, 3.8) is 0 Å². The molecule has 2 N–H and O–H groups in total. The lowest BCUT2D eigenvalue weighted by Crippen LogP contribution is -2.06. The third-order valence-corrected chi connectivity index (χ3v) is 3.53. The minimum absolute atomic E-state index is 0.282. The van der Waals surface area contributed by atoms with Crippen LogP contribution in [0.2, 0.25) is 0 Å². The molecule has 1 atom stereocenters. The van der Waals surface area contributed by atoms with Crippen LogP contribution in [0, 0.1) is 5.92 Å². The number of anilines is 1. The molecule has 2 rings (SSSR count). The van der Waals surface area contributed by atoms with Gasteiger partial charge in [0.25, 0.3) is 0 Å². The average Bonchev–Trinajstić information content (AvgIpc) is 3.05. The SMILES string of the molecule is CC(CO)CCCNc1nc(C2CC2)ns1. The van der Waals surface area contributed by atoms with E-state index < -0.39 is 0 Å². The molecule has 0 amide bonds. The van der Waals surface area contributed by atoms with Crippen LogP contribution in [-0.4, -0.2) is 27.6 Å². The van der Waals surface area contributed by atoms with Gasteiger partial charge in [0.15, 0.2) is 0 Å². The second-order valence-corrected chi connectivity index (χ2v) is 5.34. The molecule has 1 unspecified atom stereocenters. The lowest BCUT2D eigenvalue weighted by atomic mass is 10.1. The van der Waals surface area contributed by atoms with E-state index in [9.17, 15) is 0 Å². The van der Waals surface area contributed by atoms with Gasteiger partial charge in [0.2, 0.25) is 5.13 Å². The summed E-state index contributed by atoms with van der Waals surface area (Å²) in [6.45, 7) is 3.27. The molecule has 1 fully saturated rings. The highest BCUT2D eigenvalue weighted by Crippen LogP contribution is 2.39. The van der Waals surface area contributed by atoms with Crippen LogP contribution in [0.25, 0.3) is 0 Å². The summed E-state index contributed by atoms with van der Waals surface area (Å²) in [5, 5.41) is 13.1. The first-order valence-electron chi connectivity index (χ1n) is 5.98. The summed E-state index contributed by atoms with van der Waals surface area (Å²) in [7, 11) is 0. The minimum atomic E-state index is 0.282. The van der Waals surface area contributed by atoms with Crippen molar-refractivity contribution in [3.8, 4) is 0 Å². The molecule has 0 spiro atoms. The van der Waals surface area contributed by atoms with E-state index in [0.717, 1.165) is 30.3 Å². The van der Waals surface area contributed by atoms with Crippen LogP contribution in [0.1, 0.15) is 44.3 Å². The molecule has 5 heteroatoms. The zero-order valence-corrected chi connectivity index (χ0v) is 10.5.